The molecule has 1 unspecified atom stereocenters. The highest BCUT2D eigenvalue weighted by atomic mass is 19.3. The fourth-order valence-corrected chi connectivity index (χ4v) is 3.86. The molecule has 0 aliphatic carbocycles. The average Bonchev–Trinajstić information content (AvgIpc) is 2.89. The Balaban J connectivity index is 1.64. The topological polar surface area (TPSA) is 97.3 Å². The van der Waals surface area contributed by atoms with Gasteiger partial charge >= 0.3 is 13.2 Å². The van der Waals surface area contributed by atoms with Gasteiger partial charge in [-0.25, -0.2) is 4.98 Å². The van der Waals surface area contributed by atoms with Crippen LogP contribution in [-0.4, -0.2) is 18.2 Å². The van der Waals surface area contributed by atoms with Gasteiger partial charge in [0.05, 0.1) is 0 Å². The predicted octanol–water partition coefficient (Wildman–Crippen LogP) is 4.54. The lowest BCUT2D eigenvalue weighted by molar-refractivity contribution is -0.613. The first-order valence-electron chi connectivity index (χ1n) is 11.4. The van der Waals surface area contributed by atoms with Crippen LogP contribution in [0.1, 0.15) is 28.3 Å². The first-order chi connectivity index (χ1) is 18.3. The number of hydrogen-bond acceptors (Lipinski definition) is 6. The molecular weight excluding hydrogens is 508 g/mol. The lowest BCUT2D eigenvalue weighted by Crippen LogP contribution is -2.32. The number of hydrogen-bond donors (Lipinski definition) is 1. The van der Waals surface area contributed by atoms with Gasteiger partial charge in [-0.15, -0.1) is 0 Å². The summed E-state index contributed by atoms with van der Waals surface area (Å²) in [6, 6.07) is 15.6. The quantitative estimate of drug-likeness (QED) is 0.174. The van der Waals surface area contributed by atoms with Crippen molar-refractivity contribution in [3.05, 3.63) is 118 Å². The second kappa shape index (κ2) is 12.1. The molecule has 0 radical (unpaired) electrons. The maximum atomic E-state index is 13.0. The number of halogens is 4. The number of nitrogens with zero attached hydrogens (tertiary/aromatic N) is 3. The van der Waals surface area contributed by atoms with Gasteiger partial charge in [-0.1, -0.05) is 12.1 Å². The van der Waals surface area contributed by atoms with E-state index in [1.165, 1.54) is 30.7 Å². The van der Waals surface area contributed by atoms with E-state index in [9.17, 15) is 28.0 Å². The molecule has 1 aromatic carbocycles. The fourth-order valence-electron chi connectivity index (χ4n) is 3.86. The van der Waals surface area contributed by atoms with Crippen molar-refractivity contribution in [3.63, 3.8) is 0 Å². The van der Waals surface area contributed by atoms with Crippen LogP contribution in [0.5, 0.6) is 11.5 Å². The van der Waals surface area contributed by atoms with Crippen LogP contribution in [0, 0.1) is 10.4 Å². The highest BCUT2D eigenvalue weighted by Gasteiger charge is 2.21. The number of benzene rings is 1. The van der Waals surface area contributed by atoms with Gasteiger partial charge in [0.15, 0.2) is 30.1 Å². The fraction of sp³-hybridized carbons (Fsp3) is 0.192. The summed E-state index contributed by atoms with van der Waals surface area (Å²) in [6.07, 6.45) is 5.96. The molecular formula is C26H22F4N4O4. The van der Waals surface area contributed by atoms with Crippen molar-refractivity contribution in [2.45, 2.75) is 32.1 Å². The number of anilines is 1. The standard InChI is InChI=1S/C26H22F4N4O4/c27-25(28)37-22-6-4-18(14-23(22)38-26(29)30)21(13-17-8-11-33(35)12-9-17)19-5-7-24(31-15-19)32-16-20-3-1-2-10-34(20)36/h1-12,14-15,21,25-26H,13,16H2,(H,31,32). The monoisotopic (exact) mass is 530 g/mol. The number of rotatable bonds is 11. The molecule has 0 amide bonds. The molecule has 0 saturated heterocycles. The SMILES string of the molecule is [O-][n+]1ccc(CC(c2ccc(NCc3cccc[n+]3[O-])nc2)c2ccc(OC(F)F)c(OC(F)F)c2)cc1. The summed E-state index contributed by atoms with van der Waals surface area (Å²) < 4.78 is 61.7. The van der Waals surface area contributed by atoms with Crippen LogP contribution in [-0.2, 0) is 13.0 Å². The van der Waals surface area contributed by atoms with Crippen molar-refractivity contribution >= 4 is 5.82 Å². The molecule has 1 N–H and O–H groups in total. The molecule has 12 heteroatoms. The van der Waals surface area contributed by atoms with Gasteiger partial charge in [0.1, 0.15) is 12.4 Å². The number of aromatic nitrogens is 3. The van der Waals surface area contributed by atoms with Crippen LogP contribution in [0.4, 0.5) is 23.4 Å². The van der Waals surface area contributed by atoms with Crippen LogP contribution < -0.4 is 24.3 Å². The maximum Gasteiger partial charge on any atom is 0.387 e. The summed E-state index contributed by atoms with van der Waals surface area (Å²) in [5, 5.41) is 26.4. The lowest BCUT2D eigenvalue weighted by Gasteiger charge is -2.20. The van der Waals surface area contributed by atoms with E-state index in [0.29, 0.717) is 33.8 Å². The number of alkyl halides is 4. The van der Waals surface area contributed by atoms with Gasteiger partial charge in [0, 0.05) is 36.4 Å². The second-order valence-corrected chi connectivity index (χ2v) is 8.13. The van der Waals surface area contributed by atoms with Crippen molar-refractivity contribution < 1.29 is 36.5 Å². The third-order valence-corrected chi connectivity index (χ3v) is 5.66. The van der Waals surface area contributed by atoms with Crippen LogP contribution >= 0.6 is 0 Å². The predicted molar refractivity (Wildman–Crippen MR) is 128 cm³/mol. The smallest absolute Gasteiger partial charge is 0.387 e. The Labute approximate surface area is 214 Å². The molecule has 0 saturated carbocycles. The Hall–Kier alpha value is -4.61. The minimum atomic E-state index is -3.25. The third-order valence-electron chi connectivity index (χ3n) is 5.66. The van der Waals surface area contributed by atoms with Crippen molar-refractivity contribution in [1.29, 1.82) is 0 Å². The Kier molecular flexibility index (Phi) is 8.41. The van der Waals surface area contributed by atoms with Crippen LogP contribution in [0.25, 0.3) is 0 Å². The summed E-state index contributed by atoms with van der Waals surface area (Å²) in [5.74, 6) is -1.04. The van der Waals surface area contributed by atoms with E-state index in [-0.39, 0.29) is 6.54 Å². The third kappa shape index (κ3) is 6.99. The number of pyridine rings is 3. The van der Waals surface area contributed by atoms with Gasteiger partial charge in [-0.3, -0.25) is 0 Å². The first-order valence-corrected chi connectivity index (χ1v) is 11.4. The van der Waals surface area contributed by atoms with Gasteiger partial charge in [-0.05, 0) is 47.4 Å². The summed E-state index contributed by atoms with van der Waals surface area (Å²) in [4.78, 5) is 4.40. The van der Waals surface area contributed by atoms with Gasteiger partial charge in [0.2, 0.25) is 5.69 Å². The molecule has 3 aromatic heterocycles. The molecule has 1 atom stereocenters. The van der Waals surface area contributed by atoms with E-state index >= 15 is 0 Å². The number of ether oxygens (including phenoxy) is 2. The van der Waals surface area contributed by atoms with Crippen molar-refractivity contribution in [2.24, 2.45) is 0 Å². The minimum absolute atomic E-state index is 0.235. The maximum absolute atomic E-state index is 13.0. The molecule has 3 heterocycles. The van der Waals surface area contributed by atoms with E-state index < -0.39 is 30.6 Å². The minimum Gasteiger partial charge on any atom is -0.619 e. The Morgan fingerprint density at radius 2 is 1.53 bits per heavy atom. The molecule has 0 spiro atoms. The largest absolute Gasteiger partial charge is 0.619 e. The summed E-state index contributed by atoms with van der Waals surface area (Å²) in [7, 11) is 0. The molecule has 0 bridgehead atoms. The van der Waals surface area contributed by atoms with E-state index in [0.717, 1.165) is 16.4 Å². The van der Waals surface area contributed by atoms with Crippen LogP contribution in [0.2, 0.25) is 0 Å². The van der Waals surface area contributed by atoms with E-state index in [1.54, 1.807) is 48.7 Å². The lowest BCUT2D eigenvalue weighted by atomic mass is 9.87. The van der Waals surface area contributed by atoms with E-state index in [2.05, 4.69) is 19.8 Å². The Morgan fingerprint density at radius 3 is 2.18 bits per heavy atom. The van der Waals surface area contributed by atoms with Crippen LogP contribution in [0.3, 0.4) is 0 Å². The summed E-state index contributed by atoms with van der Waals surface area (Å²) in [6.45, 7) is -6.25. The average molecular weight is 530 g/mol. The van der Waals surface area contributed by atoms with Gasteiger partial charge in [0.25, 0.3) is 0 Å². The molecule has 198 valence electrons. The first kappa shape index (κ1) is 26.5. The summed E-state index contributed by atoms with van der Waals surface area (Å²) in [5.41, 5.74) is 2.41. The second-order valence-electron chi connectivity index (χ2n) is 8.13. The molecule has 8 nitrogen and oxygen atoms in total. The molecule has 0 aliphatic heterocycles. The normalized spacial score (nSPS) is 11.9. The van der Waals surface area contributed by atoms with Gasteiger partial charge < -0.3 is 25.2 Å². The molecule has 4 aromatic rings. The van der Waals surface area contributed by atoms with Gasteiger partial charge in [-0.2, -0.15) is 27.0 Å². The Bertz CT molecular complexity index is 1340. The van der Waals surface area contributed by atoms with Crippen LogP contribution in [0.15, 0.2) is 85.5 Å². The Morgan fingerprint density at radius 1 is 0.816 bits per heavy atom. The zero-order valence-electron chi connectivity index (χ0n) is 19.7. The van der Waals surface area contributed by atoms with Crippen molar-refractivity contribution in [3.8, 4) is 11.5 Å². The zero-order valence-corrected chi connectivity index (χ0v) is 19.7. The highest BCUT2D eigenvalue weighted by Crippen LogP contribution is 2.37. The molecule has 0 fully saturated rings. The van der Waals surface area contributed by atoms with Crippen molar-refractivity contribution in [2.75, 3.05) is 5.32 Å². The zero-order chi connectivity index (χ0) is 27.1. The van der Waals surface area contributed by atoms with Crippen molar-refractivity contribution in [1.82, 2.24) is 4.98 Å². The molecule has 4 rings (SSSR count). The highest BCUT2D eigenvalue weighted by molar-refractivity contribution is 5.47. The van der Waals surface area contributed by atoms with E-state index in [4.69, 9.17) is 0 Å². The summed E-state index contributed by atoms with van der Waals surface area (Å²) >= 11 is 0. The van der Waals surface area contributed by atoms with E-state index in [1.807, 2.05) is 0 Å². The molecule has 38 heavy (non-hydrogen) atoms. The number of nitrogens with one attached hydrogen (secondary N) is 1. The molecule has 0 aliphatic rings.